The SMILES string of the molecule is C=C(C)C=CC=C(C)CC=O. The predicted molar refractivity (Wildman–Crippen MR) is 48.4 cm³/mol. The number of allylic oxidation sites excluding steroid dienone is 5. The molecule has 1 nitrogen and oxygen atoms in total. The fourth-order valence-electron chi connectivity index (χ4n) is 0.576. The summed E-state index contributed by atoms with van der Waals surface area (Å²) in [5, 5.41) is 0. The van der Waals surface area contributed by atoms with Crippen LogP contribution in [0.25, 0.3) is 0 Å². The summed E-state index contributed by atoms with van der Waals surface area (Å²) in [7, 11) is 0. The molecule has 0 aliphatic carbocycles. The van der Waals surface area contributed by atoms with Gasteiger partial charge in [0.05, 0.1) is 0 Å². The number of hydrogen-bond acceptors (Lipinski definition) is 1. The average molecular weight is 150 g/mol. The van der Waals surface area contributed by atoms with E-state index in [1.54, 1.807) is 0 Å². The second-order valence-corrected chi connectivity index (χ2v) is 2.59. The molecule has 0 rings (SSSR count). The first-order valence-electron chi connectivity index (χ1n) is 3.60. The molecule has 0 spiro atoms. The molecule has 60 valence electrons. The Morgan fingerprint density at radius 2 is 2.09 bits per heavy atom. The van der Waals surface area contributed by atoms with Gasteiger partial charge in [0, 0.05) is 6.42 Å². The van der Waals surface area contributed by atoms with Crippen molar-refractivity contribution in [1.82, 2.24) is 0 Å². The fraction of sp³-hybridized carbons (Fsp3) is 0.300. The van der Waals surface area contributed by atoms with Crippen LogP contribution in [0.5, 0.6) is 0 Å². The third-order valence-electron chi connectivity index (χ3n) is 1.17. The van der Waals surface area contributed by atoms with Crippen LogP contribution >= 0.6 is 0 Å². The van der Waals surface area contributed by atoms with Crippen LogP contribution in [0.2, 0.25) is 0 Å². The van der Waals surface area contributed by atoms with Crippen LogP contribution in [-0.2, 0) is 4.79 Å². The standard InChI is InChI=1S/C10H14O/c1-9(2)5-4-6-10(3)7-8-11/h4-6,8H,1,7H2,2-3H3. The normalized spacial score (nSPS) is 12.0. The largest absolute Gasteiger partial charge is 0.303 e. The first kappa shape index (κ1) is 9.89. The summed E-state index contributed by atoms with van der Waals surface area (Å²) >= 11 is 0. The van der Waals surface area contributed by atoms with E-state index in [9.17, 15) is 4.79 Å². The molecular formula is C10H14O. The maximum atomic E-state index is 10.0. The maximum Gasteiger partial charge on any atom is 0.124 e. The predicted octanol–water partition coefficient (Wildman–Crippen LogP) is 2.65. The van der Waals surface area contributed by atoms with Gasteiger partial charge >= 0.3 is 0 Å². The zero-order chi connectivity index (χ0) is 8.69. The molecule has 0 unspecified atom stereocenters. The van der Waals surface area contributed by atoms with Crippen molar-refractivity contribution in [1.29, 1.82) is 0 Å². The molecule has 0 aliphatic heterocycles. The highest BCUT2D eigenvalue weighted by atomic mass is 16.1. The highest BCUT2D eigenvalue weighted by Gasteiger charge is 1.82. The molecule has 0 amide bonds. The van der Waals surface area contributed by atoms with E-state index in [1.165, 1.54) is 0 Å². The smallest absolute Gasteiger partial charge is 0.124 e. The Hall–Kier alpha value is -1.11. The quantitative estimate of drug-likeness (QED) is 0.445. The van der Waals surface area contributed by atoms with Crippen LogP contribution < -0.4 is 0 Å². The van der Waals surface area contributed by atoms with E-state index >= 15 is 0 Å². The second-order valence-electron chi connectivity index (χ2n) is 2.59. The van der Waals surface area contributed by atoms with Gasteiger partial charge in [-0.05, 0) is 13.8 Å². The van der Waals surface area contributed by atoms with Gasteiger partial charge in [-0.25, -0.2) is 0 Å². The van der Waals surface area contributed by atoms with Gasteiger partial charge in [-0.2, -0.15) is 0 Å². The summed E-state index contributed by atoms with van der Waals surface area (Å²) in [6.45, 7) is 7.57. The average Bonchev–Trinajstić information content (AvgIpc) is 1.87. The second kappa shape index (κ2) is 5.66. The van der Waals surface area contributed by atoms with Crippen molar-refractivity contribution in [2.45, 2.75) is 20.3 Å². The zero-order valence-electron chi connectivity index (χ0n) is 7.13. The summed E-state index contributed by atoms with van der Waals surface area (Å²) in [6.07, 6.45) is 7.15. The van der Waals surface area contributed by atoms with E-state index < -0.39 is 0 Å². The Kier molecular flexibility index (Phi) is 5.09. The van der Waals surface area contributed by atoms with Crippen LogP contribution in [-0.4, -0.2) is 6.29 Å². The molecule has 0 aromatic rings. The summed E-state index contributed by atoms with van der Waals surface area (Å²) < 4.78 is 0. The van der Waals surface area contributed by atoms with Gasteiger partial charge in [-0.1, -0.05) is 36.0 Å². The Balaban J connectivity index is 3.90. The van der Waals surface area contributed by atoms with E-state index in [2.05, 4.69) is 6.58 Å². The van der Waals surface area contributed by atoms with Gasteiger partial charge in [0.15, 0.2) is 0 Å². The van der Waals surface area contributed by atoms with Gasteiger partial charge in [0.25, 0.3) is 0 Å². The first-order chi connectivity index (χ1) is 5.16. The van der Waals surface area contributed by atoms with Crippen LogP contribution in [0.1, 0.15) is 20.3 Å². The molecule has 0 heterocycles. The Morgan fingerprint density at radius 3 is 2.55 bits per heavy atom. The van der Waals surface area contributed by atoms with Gasteiger partial charge < -0.3 is 4.79 Å². The summed E-state index contributed by atoms with van der Waals surface area (Å²) in [6, 6.07) is 0. The molecule has 0 aromatic carbocycles. The number of rotatable bonds is 4. The summed E-state index contributed by atoms with van der Waals surface area (Å²) in [5.41, 5.74) is 2.08. The minimum Gasteiger partial charge on any atom is -0.303 e. The van der Waals surface area contributed by atoms with Gasteiger partial charge in [0.2, 0.25) is 0 Å². The highest BCUT2D eigenvalue weighted by molar-refractivity contribution is 5.54. The van der Waals surface area contributed by atoms with E-state index in [0.717, 1.165) is 17.4 Å². The van der Waals surface area contributed by atoms with Gasteiger partial charge in [-0.15, -0.1) is 0 Å². The van der Waals surface area contributed by atoms with Crippen LogP contribution in [0.4, 0.5) is 0 Å². The third-order valence-corrected chi connectivity index (χ3v) is 1.17. The van der Waals surface area contributed by atoms with E-state index in [4.69, 9.17) is 0 Å². The van der Waals surface area contributed by atoms with Crippen molar-refractivity contribution in [2.75, 3.05) is 0 Å². The molecule has 0 atom stereocenters. The molecule has 0 saturated carbocycles. The lowest BCUT2D eigenvalue weighted by Gasteiger charge is -1.88. The molecule has 0 bridgehead atoms. The molecule has 0 aromatic heterocycles. The number of hydrogen-bond donors (Lipinski definition) is 0. The third kappa shape index (κ3) is 6.78. The first-order valence-corrected chi connectivity index (χ1v) is 3.60. The van der Waals surface area contributed by atoms with E-state index in [-0.39, 0.29) is 0 Å². The monoisotopic (exact) mass is 150 g/mol. The lowest BCUT2D eigenvalue weighted by atomic mass is 10.2. The molecule has 0 radical (unpaired) electrons. The maximum absolute atomic E-state index is 10.0. The van der Waals surface area contributed by atoms with Crippen molar-refractivity contribution in [3.05, 3.63) is 36.0 Å². The van der Waals surface area contributed by atoms with E-state index in [1.807, 2.05) is 32.1 Å². The molecule has 0 N–H and O–H groups in total. The van der Waals surface area contributed by atoms with Gasteiger partial charge in [0.1, 0.15) is 6.29 Å². The zero-order valence-corrected chi connectivity index (χ0v) is 7.13. The van der Waals surface area contributed by atoms with Crippen molar-refractivity contribution >= 4 is 6.29 Å². The summed E-state index contributed by atoms with van der Waals surface area (Å²) in [4.78, 5) is 10.0. The molecule has 1 heteroatoms. The van der Waals surface area contributed by atoms with E-state index in [0.29, 0.717) is 6.42 Å². The minimum atomic E-state index is 0.514. The lowest BCUT2D eigenvalue weighted by Crippen LogP contribution is -1.75. The van der Waals surface area contributed by atoms with Crippen LogP contribution in [0, 0.1) is 0 Å². The topological polar surface area (TPSA) is 17.1 Å². The Labute approximate surface area is 68.1 Å². The Bertz CT molecular complexity index is 197. The molecule has 0 aliphatic rings. The highest BCUT2D eigenvalue weighted by Crippen LogP contribution is 1.98. The minimum absolute atomic E-state index is 0.514. The summed E-state index contributed by atoms with van der Waals surface area (Å²) in [5.74, 6) is 0. The van der Waals surface area contributed by atoms with Gasteiger partial charge in [-0.3, -0.25) is 0 Å². The number of carbonyl (C=O) groups is 1. The van der Waals surface area contributed by atoms with Crippen LogP contribution in [0.15, 0.2) is 36.0 Å². The number of carbonyl (C=O) groups excluding carboxylic acids is 1. The number of aldehydes is 1. The van der Waals surface area contributed by atoms with Crippen molar-refractivity contribution in [3.63, 3.8) is 0 Å². The van der Waals surface area contributed by atoms with Crippen molar-refractivity contribution < 1.29 is 4.79 Å². The lowest BCUT2D eigenvalue weighted by molar-refractivity contribution is -0.107. The van der Waals surface area contributed by atoms with Crippen molar-refractivity contribution in [2.24, 2.45) is 0 Å². The molecule has 11 heavy (non-hydrogen) atoms. The van der Waals surface area contributed by atoms with Crippen molar-refractivity contribution in [3.8, 4) is 0 Å². The van der Waals surface area contributed by atoms with Crippen LogP contribution in [0.3, 0.4) is 0 Å². The molecular weight excluding hydrogens is 136 g/mol. The fourth-order valence-corrected chi connectivity index (χ4v) is 0.576. The Morgan fingerprint density at radius 1 is 1.45 bits per heavy atom. The molecule has 0 saturated heterocycles. The molecule has 0 fully saturated rings.